The summed E-state index contributed by atoms with van der Waals surface area (Å²) in [6, 6.07) is 10.4. The molecular weight excluding hydrogens is 254 g/mol. The molecule has 1 aromatic carbocycles. The van der Waals surface area contributed by atoms with Crippen LogP contribution in [-0.2, 0) is 15.9 Å². The number of guanidine groups is 1. The summed E-state index contributed by atoms with van der Waals surface area (Å²) >= 11 is 0. The summed E-state index contributed by atoms with van der Waals surface area (Å²) in [4.78, 5) is 4.17. The lowest BCUT2D eigenvalue weighted by molar-refractivity contribution is 0.0733. The van der Waals surface area contributed by atoms with E-state index in [1.165, 1.54) is 5.56 Å². The first-order chi connectivity index (χ1) is 9.86. The van der Waals surface area contributed by atoms with Crippen molar-refractivity contribution in [3.8, 4) is 0 Å². The van der Waals surface area contributed by atoms with Gasteiger partial charge in [0.05, 0.1) is 19.8 Å². The number of hydrogen-bond acceptors (Lipinski definition) is 3. The van der Waals surface area contributed by atoms with Crippen LogP contribution in [0.2, 0.25) is 0 Å². The van der Waals surface area contributed by atoms with Crippen LogP contribution in [0.1, 0.15) is 5.56 Å². The van der Waals surface area contributed by atoms with Gasteiger partial charge in [0.1, 0.15) is 0 Å². The molecule has 0 saturated carbocycles. The van der Waals surface area contributed by atoms with Crippen molar-refractivity contribution in [2.24, 2.45) is 4.99 Å². The number of benzene rings is 1. The fourth-order valence-electron chi connectivity index (χ4n) is 1.68. The molecule has 0 fully saturated rings. The predicted octanol–water partition coefficient (Wildman–Crippen LogP) is 1.06. The van der Waals surface area contributed by atoms with Crippen LogP contribution in [0.3, 0.4) is 0 Å². The molecule has 2 N–H and O–H groups in total. The molecule has 0 saturated heterocycles. The number of ether oxygens (including phenoxy) is 2. The van der Waals surface area contributed by atoms with Gasteiger partial charge in [-0.2, -0.15) is 0 Å². The van der Waals surface area contributed by atoms with Gasteiger partial charge in [0.15, 0.2) is 5.96 Å². The van der Waals surface area contributed by atoms with Crippen molar-refractivity contribution in [2.45, 2.75) is 6.42 Å². The molecule has 0 atom stereocenters. The first kappa shape index (κ1) is 16.5. The largest absolute Gasteiger partial charge is 0.382 e. The van der Waals surface area contributed by atoms with Crippen molar-refractivity contribution in [2.75, 3.05) is 47.1 Å². The number of rotatable bonds is 9. The van der Waals surface area contributed by atoms with Gasteiger partial charge in [0.2, 0.25) is 0 Å². The standard InChI is InChI=1S/C15H25N3O2/c1-16-15(18-10-11-20-13-12-19-2)17-9-8-14-6-4-3-5-7-14/h3-7H,8-13H2,1-2H3,(H2,16,17,18). The molecule has 0 bridgehead atoms. The number of hydrogen-bond donors (Lipinski definition) is 2. The van der Waals surface area contributed by atoms with E-state index in [0.717, 1.165) is 25.5 Å². The average molecular weight is 279 g/mol. The lowest BCUT2D eigenvalue weighted by Gasteiger charge is -2.12. The molecule has 0 unspecified atom stereocenters. The Balaban J connectivity index is 2.08. The van der Waals surface area contributed by atoms with Gasteiger partial charge in [-0.05, 0) is 12.0 Å². The maximum atomic E-state index is 5.37. The lowest BCUT2D eigenvalue weighted by Crippen LogP contribution is -2.39. The molecule has 112 valence electrons. The first-order valence-electron chi connectivity index (χ1n) is 6.92. The molecule has 0 aliphatic heterocycles. The van der Waals surface area contributed by atoms with Gasteiger partial charge >= 0.3 is 0 Å². The van der Waals surface area contributed by atoms with Gasteiger partial charge in [-0.25, -0.2) is 0 Å². The van der Waals surface area contributed by atoms with Gasteiger partial charge in [0.25, 0.3) is 0 Å². The number of aliphatic imine (C=N–C) groups is 1. The number of methoxy groups -OCH3 is 1. The molecule has 0 aromatic heterocycles. The van der Waals surface area contributed by atoms with E-state index in [1.54, 1.807) is 14.2 Å². The normalized spacial score (nSPS) is 11.4. The van der Waals surface area contributed by atoms with Gasteiger partial charge in [-0.1, -0.05) is 30.3 Å². The van der Waals surface area contributed by atoms with E-state index >= 15 is 0 Å². The van der Waals surface area contributed by atoms with Crippen LogP contribution < -0.4 is 10.6 Å². The molecular formula is C15H25N3O2. The molecule has 5 nitrogen and oxygen atoms in total. The Morgan fingerprint density at radius 3 is 2.50 bits per heavy atom. The molecule has 0 spiro atoms. The Hall–Kier alpha value is -1.59. The fraction of sp³-hybridized carbons (Fsp3) is 0.533. The monoisotopic (exact) mass is 279 g/mol. The molecule has 5 heteroatoms. The Bertz CT molecular complexity index is 369. The second-order valence-corrected chi connectivity index (χ2v) is 4.27. The Labute approximate surface area is 121 Å². The highest BCUT2D eigenvalue weighted by Crippen LogP contribution is 1.97. The molecule has 20 heavy (non-hydrogen) atoms. The van der Waals surface area contributed by atoms with Crippen LogP contribution in [-0.4, -0.2) is 53.0 Å². The van der Waals surface area contributed by atoms with E-state index in [1.807, 2.05) is 6.07 Å². The highest BCUT2D eigenvalue weighted by atomic mass is 16.5. The summed E-state index contributed by atoms with van der Waals surface area (Å²) in [5, 5.41) is 6.48. The van der Waals surface area contributed by atoms with E-state index in [-0.39, 0.29) is 0 Å². The Kier molecular flexibility index (Phi) is 9.26. The third-order valence-corrected chi connectivity index (χ3v) is 2.74. The Morgan fingerprint density at radius 2 is 1.80 bits per heavy atom. The highest BCUT2D eigenvalue weighted by Gasteiger charge is 1.97. The van der Waals surface area contributed by atoms with Crippen molar-refractivity contribution in [3.63, 3.8) is 0 Å². The third kappa shape index (κ3) is 7.76. The van der Waals surface area contributed by atoms with Gasteiger partial charge in [-0.15, -0.1) is 0 Å². The molecule has 1 aromatic rings. The summed E-state index contributed by atoms with van der Waals surface area (Å²) in [6.45, 7) is 3.48. The molecule has 0 aliphatic carbocycles. The zero-order valence-electron chi connectivity index (χ0n) is 12.4. The molecule has 0 heterocycles. The summed E-state index contributed by atoms with van der Waals surface area (Å²) in [6.07, 6.45) is 0.978. The minimum Gasteiger partial charge on any atom is -0.382 e. The second-order valence-electron chi connectivity index (χ2n) is 4.27. The van der Waals surface area contributed by atoms with Crippen LogP contribution in [0, 0.1) is 0 Å². The SMILES string of the molecule is CN=C(NCCOCCOC)NCCc1ccccc1. The third-order valence-electron chi connectivity index (χ3n) is 2.74. The molecule has 1 rings (SSSR count). The van der Waals surface area contributed by atoms with E-state index < -0.39 is 0 Å². The van der Waals surface area contributed by atoms with Crippen LogP contribution >= 0.6 is 0 Å². The van der Waals surface area contributed by atoms with Crippen molar-refractivity contribution < 1.29 is 9.47 Å². The minimum atomic E-state index is 0.623. The second kappa shape index (κ2) is 11.3. The highest BCUT2D eigenvalue weighted by molar-refractivity contribution is 5.79. The molecule has 0 radical (unpaired) electrons. The van der Waals surface area contributed by atoms with Crippen LogP contribution in [0.15, 0.2) is 35.3 Å². The average Bonchev–Trinajstić information content (AvgIpc) is 2.50. The van der Waals surface area contributed by atoms with E-state index in [4.69, 9.17) is 9.47 Å². The summed E-state index contributed by atoms with van der Waals surface area (Å²) in [5.41, 5.74) is 1.32. The van der Waals surface area contributed by atoms with Gasteiger partial charge in [0, 0.05) is 27.2 Å². The minimum absolute atomic E-state index is 0.623. The summed E-state index contributed by atoms with van der Waals surface area (Å²) in [7, 11) is 3.43. The summed E-state index contributed by atoms with van der Waals surface area (Å²) < 4.78 is 10.3. The van der Waals surface area contributed by atoms with Crippen LogP contribution in [0.4, 0.5) is 0 Å². The lowest BCUT2D eigenvalue weighted by atomic mass is 10.1. The van der Waals surface area contributed by atoms with Gasteiger partial charge < -0.3 is 20.1 Å². The Morgan fingerprint density at radius 1 is 1.05 bits per heavy atom. The van der Waals surface area contributed by atoms with Crippen molar-refractivity contribution in [1.82, 2.24) is 10.6 Å². The quantitative estimate of drug-likeness (QED) is 0.403. The maximum absolute atomic E-state index is 5.37. The van der Waals surface area contributed by atoms with Crippen molar-refractivity contribution in [1.29, 1.82) is 0 Å². The zero-order chi connectivity index (χ0) is 14.5. The maximum Gasteiger partial charge on any atom is 0.191 e. The van der Waals surface area contributed by atoms with E-state index in [2.05, 4.69) is 39.9 Å². The van der Waals surface area contributed by atoms with E-state index in [0.29, 0.717) is 19.8 Å². The number of nitrogens with one attached hydrogen (secondary N) is 2. The molecule has 0 aliphatic rings. The van der Waals surface area contributed by atoms with Crippen molar-refractivity contribution in [3.05, 3.63) is 35.9 Å². The van der Waals surface area contributed by atoms with Gasteiger partial charge in [-0.3, -0.25) is 4.99 Å². The fourth-order valence-corrected chi connectivity index (χ4v) is 1.68. The summed E-state index contributed by atoms with van der Waals surface area (Å²) in [5.74, 6) is 0.802. The van der Waals surface area contributed by atoms with Crippen LogP contribution in [0.25, 0.3) is 0 Å². The zero-order valence-corrected chi connectivity index (χ0v) is 12.4. The topological polar surface area (TPSA) is 54.9 Å². The molecule has 0 amide bonds. The van der Waals surface area contributed by atoms with E-state index in [9.17, 15) is 0 Å². The number of nitrogens with zero attached hydrogens (tertiary/aromatic N) is 1. The van der Waals surface area contributed by atoms with Crippen molar-refractivity contribution >= 4 is 5.96 Å². The smallest absolute Gasteiger partial charge is 0.191 e. The predicted molar refractivity (Wildman–Crippen MR) is 82.2 cm³/mol. The first-order valence-corrected chi connectivity index (χ1v) is 6.92. The van der Waals surface area contributed by atoms with Crippen LogP contribution in [0.5, 0.6) is 0 Å².